The van der Waals surface area contributed by atoms with Gasteiger partial charge in [0.05, 0.1) is 4.90 Å². The normalized spacial score (nSPS) is 21.0. The van der Waals surface area contributed by atoms with Crippen LogP contribution in [0.3, 0.4) is 0 Å². The molecule has 0 bridgehead atoms. The zero-order chi connectivity index (χ0) is 17.2. The van der Waals surface area contributed by atoms with E-state index in [-0.39, 0.29) is 16.7 Å². The molecule has 1 atom stereocenters. The number of carbonyl (C=O) groups is 1. The highest BCUT2D eigenvalue weighted by Crippen LogP contribution is 2.32. The molecule has 1 aromatic carbocycles. The molecule has 2 aliphatic rings. The van der Waals surface area contributed by atoms with Gasteiger partial charge in [0.25, 0.3) is 0 Å². The van der Waals surface area contributed by atoms with Crippen molar-refractivity contribution in [3.8, 4) is 0 Å². The quantitative estimate of drug-likeness (QED) is 0.886. The predicted octanol–water partition coefficient (Wildman–Crippen LogP) is 3.24. The molecule has 1 aromatic rings. The molecule has 1 aliphatic carbocycles. The molecule has 3 rings (SSSR count). The number of benzene rings is 1. The summed E-state index contributed by atoms with van der Waals surface area (Å²) in [7, 11) is -3.45. The number of amides is 1. The number of anilines is 1. The molecule has 6 heteroatoms. The van der Waals surface area contributed by atoms with E-state index in [1.165, 1.54) is 17.1 Å². The van der Waals surface area contributed by atoms with Crippen LogP contribution >= 0.6 is 0 Å². The Morgan fingerprint density at radius 2 is 1.83 bits per heavy atom. The van der Waals surface area contributed by atoms with Gasteiger partial charge < -0.3 is 5.32 Å². The second-order valence-corrected chi connectivity index (χ2v) is 8.90. The monoisotopic (exact) mass is 350 g/mol. The van der Waals surface area contributed by atoms with Gasteiger partial charge in [-0.3, -0.25) is 4.79 Å². The summed E-state index contributed by atoms with van der Waals surface area (Å²) in [5.41, 5.74) is 0.560. The van der Waals surface area contributed by atoms with Crippen molar-refractivity contribution in [3.05, 3.63) is 24.3 Å². The van der Waals surface area contributed by atoms with E-state index in [4.69, 9.17) is 0 Å². The van der Waals surface area contributed by atoms with Gasteiger partial charge in [0.2, 0.25) is 15.9 Å². The Balaban J connectivity index is 1.72. The van der Waals surface area contributed by atoms with E-state index in [0.29, 0.717) is 24.7 Å². The predicted molar refractivity (Wildman–Crippen MR) is 94.2 cm³/mol. The molecular formula is C18H26N2O3S. The molecule has 0 radical (unpaired) electrons. The summed E-state index contributed by atoms with van der Waals surface area (Å²) in [5, 5.41) is 2.90. The Kier molecular flexibility index (Phi) is 5.25. The van der Waals surface area contributed by atoms with Gasteiger partial charge >= 0.3 is 0 Å². The second kappa shape index (κ2) is 7.23. The van der Waals surface area contributed by atoms with Crippen LogP contribution in [-0.4, -0.2) is 31.7 Å². The third-order valence-electron chi connectivity index (χ3n) is 5.32. The van der Waals surface area contributed by atoms with Crippen LogP contribution in [0, 0.1) is 11.8 Å². The minimum Gasteiger partial charge on any atom is -0.326 e. The topological polar surface area (TPSA) is 66.5 Å². The van der Waals surface area contributed by atoms with Crippen LogP contribution in [0.2, 0.25) is 0 Å². The lowest BCUT2D eigenvalue weighted by Crippen LogP contribution is -2.28. The standard InChI is InChI=1S/C18H26N2O3S/c1-14(15-7-2-3-8-15)18(21)19-16-9-6-10-17(13-16)24(22,23)20-11-4-5-12-20/h6,9-10,13-15H,2-5,7-8,11-12H2,1H3,(H,19,21). The molecule has 2 fully saturated rings. The third-order valence-corrected chi connectivity index (χ3v) is 7.22. The molecule has 24 heavy (non-hydrogen) atoms. The molecule has 1 saturated carbocycles. The van der Waals surface area contributed by atoms with Crippen molar-refractivity contribution in [2.24, 2.45) is 11.8 Å². The minimum absolute atomic E-state index is 0.0161. The van der Waals surface area contributed by atoms with E-state index in [2.05, 4.69) is 5.32 Å². The zero-order valence-electron chi connectivity index (χ0n) is 14.2. The Hall–Kier alpha value is -1.40. The summed E-state index contributed by atoms with van der Waals surface area (Å²) in [4.78, 5) is 12.7. The van der Waals surface area contributed by atoms with Crippen LogP contribution in [0.25, 0.3) is 0 Å². The maximum absolute atomic E-state index is 12.6. The van der Waals surface area contributed by atoms with Crippen LogP contribution in [0.15, 0.2) is 29.2 Å². The molecule has 1 N–H and O–H groups in total. The van der Waals surface area contributed by atoms with Crippen LogP contribution in [0.4, 0.5) is 5.69 Å². The number of nitrogens with one attached hydrogen (secondary N) is 1. The van der Waals surface area contributed by atoms with E-state index in [9.17, 15) is 13.2 Å². The lowest BCUT2D eigenvalue weighted by Gasteiger charge is -2.19. The molecule has 1 aliphatic heterocycles. The van der Waals surface area contributed by atoms with Crippen molar-refractivity contribution in [1.29, 1.82) is 0 Å². The van der Waals surface area contributed by atoms with Gasteiger partial charge in [-0.05, 0) is 49.8 Å². The molecule has 132 valence electrons. The number of hydrogen-bond acceptors (Lipinski definition) is 3. The molecule has 1 amide bonds. The van der Waals surface area contributed by atoms with Gasteiger partial charge in [-0.1, -0.05) is 25.8 Å². The maximum atomic E-state index is 12.6. The SMILES string of the molecule is CC(C(=O)Nc1cccc(S(=O)(=O)N2CCCC2)c1)C1CCCC1. The average Bonchev–Trinajstić information content (AvgIpc) is 3.28. The van der Waals surface area contributed by atoms with Crippen LogP contribution in [0.1, 0.15) is 45.4 Å². The summed E-state index contributed by atoms with van der Waals surface area (Å²) in [6.07, 6.45) is 6.44. The van der Waals surface area contributed by atoms with Crippen LogP contribution < -0.4 is 5.32 Å². The lowest BCUT2D eigenvalue weighted by molar-refractivity contribution is -0.120. The fourth-order valence-electron chi connectivity index (χ4n) is 3.74. The van der Waals surface area contributed by atoms with Gasteiger partial charge in [-0.2, -0.15) is 4.31 Å². The van der Waals surface area contributed by atoms with Gasteiger partial charge in [-0.25, -0.2) is 8.42 Å². The Morgan fingerprint density at radius 3 is 2.50 bits per heavy atom. The summed E-state index contributed by atoms with van der Waals surface area (Å²) in [6, 6.07) is 6.62. The summed E-state index contributed by atoms with van der Waals surface area (Å²) in [5.74, 6) is 0.394. The number of rotatable bonds is 5. The Labute approximate surface area is 144 Å². The van der Waals surface area contributed by atoms with Crippen molar-refractivity contribution < 1.29 is 13.2 Å². The second-order valence-electron chi connectivity index (χ2n) is 6.96. The highest BCUT2D eigenvalue weighted by Gasteiger charge is 2.29. The van der Waals surface area contributed by atoms with E-state index in [0.717, 1.165) is 25.7 Å². The molecule has 1 unspecified atom stereocenters. The number of nitrogens with zero attached hydrogens (tertiary/aromatic N) is 1. The van der Waals surface area contributed by atoms with Crippen LogP contribution in [-0.2, 0) is 14.8 Å². The smallest absolute Gasteiger partial charge is 0.243 e. The van der Waals surface area contributed by atoms with Gasteiger partial charge in [0, 0.05) is 24.7 Å². The van der Waals surface area contributed by atoms with Crippen molar-refractivity contribution in [3.63, 3.8) is 0 Å². The molecule has 1 heterocycles. The molecular weight excluding hydrogens is 324 g/mol. The highest BCUT2D eigenvalue weighted by atomic mass is 32.2. The van der Waals surface area contributed by atoms with Crippen molar-refractivity contribution >= 4 is 21.6 Å². The molecule has 0 aromatic heterocycles. The first kappa shape index (κ1) is 17.4. The first-order valence-corrected chi connectivity index (χ1v) is 10.3. The summed E-state index contributed by atoms with van der Waals surface area (Å²) in [6.45, 7) is 3.13. The highest BCUT2D eigenvalue weighted by molar-refractivity contribution is 7.89. The van der Waals surface area contributed by atoms with E-state index >= 15 is 0 Å². The van der Waals surface area contributed by atoms with Gasteiger partial charge in [-0.15, -0.1) is 0 Å². The molecule has 1 saturated heterocycles. The maximum Gasteiger partial charge on any atom is 0.243 e. The van der Waals surface area contributed by atoms with Gasteiger partial charge in [0.15, 0.2) is 0 Å². The fraction of sp³-hybridized carbons (Fsp3) is 0.611. The number of sulfonamides is 1. The van der Waals surface area contributed by atoms with E-state index in [1.807, 2.05) is 6.92 Å². The van der Waals surface area contributed by atoms with E-state index < -0.39 is 10.0 Å². The third kappa shape index (κ3) is 3.64. The molecule has 0 spiro atoms. The van der Waals surface area contributed by atoms with Crippen molar-refractivity contribution in [1.82, 2.24) is 4.31 Å². The van der Waals surface area contributed by atoms with Crippen LogP contribution in [0.5, 0.6) is 0 Å². The first-order valence-electron chi connectivity index (χ1n) is 8.89. The van der Waals surface area contributed by atoms with E-state index in [1.54, 1.807) is 24.3 Å². The van der Waals surface area contributed by atoms with Crippen molar-refractivity contribution in [2.45, 2.75) is 50.3 Å². The minimum atomic E-state index is -3.45. The Bertz CT molecular complexity index is 690. The largest absolute Gasteiger partial charge is 0.326 e. The van der Waals surface area contributed by atoms with Gasteiger partial charge in [0.1, 0.15) is 0 Å². The van der Waals surface area contributed by atoms with Crippen molar-refractivity contribution in [2.75, 3.05) is 18.4 Å². The summed E-state index contributed by atoms with van der Waals surface area (Å²) < 4.78 is 26.8. The first-order chi connectivity index (χ1) is 11.5. The average molecular weight is 350 g/mol. The Morgan fingerprint density at radius 1 is 1.17 bits per heavy atom. The number of hydrogen-bond donors (Lipinski definition) is 1. The fourth-order valence-corrected chi connectivity index (χ4v) is 5.30. The molecule has 5 nitrogen and oxygen atoms in total. The number of carbonyl (C=O) groups excluding carboxylic acids is 1. The summed E-state index contributed by atoms with van der Waals surface area (Å²) >= 11 is 0. The zero-order valence-corrected chi connectivity index (χ0v) is 15.0. The lowest BCUT2D eigenvalue weighted by atomic mass is 9.92.